The number of ether oxygens (including phenoxy) is 1. The van der Waals surface area contributed by atoms with E-state index in [4.69, 9.17) is 4.74 Å². The highest BCUT2D eigenvalue weighted by atomic mass is 16.5. The summed E-state index contributed by atoms with van der Waals surface area (Å²) in [6.07, 6.45) is 0.113. The Kier molecular flexibility index (Phi) is 6.03. The number of nitrogens with zero attached hydrogens (tertiary/aromatic N) is 2. The van der Waals surface area contributed by atoms with E-state index in [1.54, 1.807) is 4.68 Å². The summed E-state index contributed by atoms with van der Waals surface area (Å²) in [5.74, 6) is -0.842. The van der Waals surface area contributed by atoms with E-state index in [1.807, 2.05) is 87.5 Å². The van der Waals surface area contributed by atoms with E-state index in [2.05, 4.69) is 10.4 Å². The van der Waals surface area contributed by atoms with Gasteiger partial charge in [-0.1, -0.05) is 60.2 Å². The summed E-state index contributed by atoms with van der Waals surface area (Å²) >= 11 is 0. The van der Waals surface area contributed by atoms with Crippen LogP contribution in [0.25, 0.3) is 16.5 Å². The highest BCUT2D eigenvalue weighted by Gasteiger charge is 2.16. The zero-order valence-electron chi connectivity index (χ0n) is 18.4. The molecule has 1 heterocycles. The van der Waals surface area contributed by atoms with Gasteiger partial charge in [0.25, 0.3) is 5.91 Å². The molecule has 4 aromatic rings. The number of esters is 1. The number of benzene rings is 3. The monoisotopic (exact) mass is 427 g/mol. The van der Waals surface area contributed by atoms with Gasteiger partial charge in [-0.25, -0.2) is 4.68 Å². The number of carbonyl (C=O) groups excluding carboxylic acids is 2. The number of aromatic nitrogens is 2. The topological polar surface area (TPSA) is 73.2 Å². The molecule has 6 heteroatoms. The van der Waals surface area contributed by atoms with Gasteiger partial charge in [0.2, 0.25) is 0 Å². The molecular formula is C26H25N3O3. The number of hydrogen-bond acceptors (Lipinski definition) is 4. The Labute approximate surface area is 186 Å². The second kappa shape index (κ2) is 9.06. The highest BCUT2D eigenvalue weighted by Crippen LogP contribution is 2.23. The highest BCUT2D eigenvalue weighted by molar-refractivity contribution is 5.94. The molecule has 0 fully saturated rings. The minimum atomic E-state index is -0.445. The van der Waals surface area contributed by atoms with E-state index in [9.17, 15) is 9.59 Å². The molecule has 0 aliphatic rings. The lowest BCUT2D eigenvalue weighted by Gasteiger charge is -2.08. The molecular weight excluding hydrogens is 402 g/mol. The van der Waals surface area contributed by atoms with Crippen molar-refractivity contribution in [2.75, 3.05) is 11.9 Å². The molecule has 1 aromatic heterocycles. The second-order valence-corrected chi connectivity index (χ2v) is 7.86. The molecule has 0 saturated carbocycles. The normalized spacial score (nSPS) is 10.8. The molecule has 0 saturated heterocycles. The van der Waals surface area contributed by atoms with Crippen molar-refractivity contribution in [2.24, 2.45) is 0 Å². The van der Waals surface area contributed by atoms with Crippen LogP contribution in [0.3, 0.4) is 0 Å². The van der Waals surface area contributed by atoms with Gasteiger partial charge in [-0.3, -0.25) is 9.59 Å². The first-order chi connectivity index (χ1) is 15.4. The van der Waals surface area contributed by atoms with Crippen LogP contribution in [0.2, 0.25) is 0 Å². The predicted octanol–water partition coefficient (Wildman–Crippen LogP) is 4.68. The van der Waals surface area contributed by atoms with Crippen LogP contribution in [0.4, 0.5) is 5.69 Å². The van der Waals surface area contributed by atoms with Crippen LogP contribution < -0.4 is 5.32 Å². The van der Waals surface area contributed by atoms with Crippen LogP contribution in [0.1, 0.15) is 22.5 Å². The molecule has 0 bridgehead atoms. The lowest BCUT2D eigenvalue weighted by molar-refractivity contribution is -0.146. The number of amides is 1. The number of rotatable bonds is 6. The zero-order chi connectivity index (χ0) is 22.7. The van der Waals surface area contributed by atoms with Crippen molar-refractivity contribution in [2.45, 2.75) is 27.2 Å². The summed E-state index contributed by atoms with van der Waals surface area (Å²) in [4.78, 5) is 24.7. The first-order valence-electron chi connectivity index (χ1n) is 10.5. The van der Waals surface area contributed by atoms with Crippen molar-refractivity contribution in [1.29, 1.82) is 0 Å². The van der Waals surface area contributed by atoms with Crippen molar-refractivity contribution in [1.82, 2.24) is 9.78 Å². The molecule has 162 valence electrons. The fourth-order valence-electron chi connectivity index (χ4n) is 3.65. The van der Waals surface area contributed by atoms with E-state index < -0.39 is 11.9 Å². The smallest absolute Gasteiger partial charge is 0.310 e. The molecule has 0 radical (unpaired) electrons. The van der Waals surface area contributed by atoms with Gasteiger partial charge in [-0.15, -0.1) is 0 Å². The molecule has 0 atom stereocenters. The average molecular weight is 428 g/mol. The Morgan fingerprint density at radius 3 is 2.41 bits per heavy atom. The van der Waals surface area contributed by atoms with Crippen LogP contribution in [-0.2, 0) is 20.7 Å². The standard InChI is InChI=1S/C26H25N3O3/c1-17-8-12-23(13-9-17)29-19(3)26(18(2)28-29)27-24(30)16-32-25(31)15-20-10-11-21-6-4-5-7-22(21)14-20/h4-14H,15-16H2,1-3H3,(H,27,30). The van der Waals surface area contributed by atoms with Gasteiger partial charge >= 0.3 is 5.97 Å². The number of anilines is 1. The molecule has 6 nitrogen and oxygen atoms in total. The van der Waals surface area contributed by atoms with Crippen LogP contribution in [-0.4, -0.2) is 28.3 Å². The van der Waals surface area contributed by atoms with Crippen molar-refractivity contribution in [3.63, 3.8) is 0 Å². The maximum Gasteiger partial charge on any atom is 0.310 e. The molecule has 0 spiro atoms. The van der Waals surface area contributed by atoms with Crippen molar-refractivity contribution in [3.05, 3.63) is 89.2 Å². The maximum atomic E-state index is 12.4. The van der Waals surface area contributed by atoms with Gasteiger partial charge in [0.1, 0.15) is 0 Å². The lowest BCUT2D eigenvalue weighted by Crippen LogP contribution is -2.22. The molecule has 4 rings (SSSR count). The van der Waals surface area contributed by atoms with Gasteiger partial charge in [0.05, 0.1) is 29.2 Å². The average Bonchev–Trinajstić information content (AvgIpc) is 3.06. The number of fused-ring (bicyclic) bond motifs is 1. The summed E-state index contributed by atoms with van der Waals surface area (Å²) < 4.78 is 6.99. The first kappa shape index (κ1) is 21.3. The lowest BCUT2D eigenvalue weighted by atomic mass is 10.1. The Morgan fingerprint density at radius 2 is 1.66 bits per heavy atom. The minimum absolute atomic E-state index is 0.113. The third-order valence-corrected chi connectivity index (χ3v) is 5.36. The summed E-state index contributed by atoms with van der Waals surface area (Å²) in [6.45, 7) is 5.40. The predicted molar refractivity (Wildman–Crippen MR) is 125 cm³/mol. The molecule has 3 aromatic carbocycles. The van der Waals surface area contributed by atoms with E-state index in [1.165, 1.54) is 0 Å². The van der Waals surface area contributed by atoms with Crippen LogP contribution in [0.5, 0.6) is 0 Å². The number of hydrogen-bond donors (Lipinski definition) is 1. The largest absolute Gasteiger partial charge is 0.455 e. The van der Waals surface area contributed by atoms with Gasteiger partial charge in [0.15, 0.2) is 6.61 Å². The fraction of sp³-hybridized carbons (Fsp3) is 0.192. The zero-order valence-corrected chi connectivity index (χ0v) is 18.4. The molecule has 1 N–H and O–H groups in total. The van der Waals surface area contributed by atoms with Crippen molar-refractivity contribution in [3.8, 4) is 5.69 Å². The van der Waals surface area contributed by atoms with E-state index in [0.29, 0.717) is 11.4 Å². The first-order valence-corrected chi connectivity index (χ1v) is 10.5. The Hall–Kier alpha value is -3.93. The van der Waals surface area contributed by atoms with Crippen LogP contribution in [0, 0.1) is 20.8 Å². The molecule has 0 aliphatic carbocycles. The molecule has 0 unspecified atom stereocenters. The third kappa shape index (κ3) is 4.70. The van der Waals surface area contributed by atoms with Gasteiger partial charge in [-0.05, 0) is 49.2 Å². The van der Waals surface area contributed by atoms with Crippen molar-refractivity contribution < 1.29 is 14.3 Å². The number of aryl methyl sites for hydroxylation is 2. The van der Waals surface area contributed by atoms with Crippen molar-refractivity contribution >= 4 is 28.3 Å². The Balaban J connectivity index is 1.36. The quantitative estimate of drug-likeness (QED) is 0.454. The molecule has 1 amide bonds. The summed E-state index contributed by atoms with van der Waals surface area (Å²) in [7, 11) is 0. The summed E-state index contributed by atoms with van der Waals surface area (Å²) in [5.41, 5.74) is 5.05. The summed E-state index contributed by atoms with van der Waals surface area (Å²) in [5, 5.41) is 9.53. The SMILES string of the molecule is Cc1ccc(-n2nc(C)c(NC(=O)COC(=O)Cc3ccc4ccccc4c3)c2C)cc1. The van der Waals surface area contributed by atoms with Gasteiger partial charge in [-0.2, -0.15) is 5.10 Å². The number of nitrogens with one attached hydrogen (secondary N) is 1. The van der Waals surface area contributed by atoms with E-state index >= 15 is 0 Å². The fourth-order valence-corrected chi connectivity index (χ4v) is 3.65. The van der Waals surface area contributed by atoms with E-state index in [0.717, 1.165) is 33.3 Å². The van der Waals surface area contributed by atoms with Gasteiger partial charge < -0.3 is 10.1 Å². The number of carbonyl (C=O) groups is 2. The van der Waals surface area contributed by atoms with E-state index in [-0.39, 0.29) is 13.0 Å². The Bertz CT molecular complexity index is 1290. The molecule has 32 heavy (non-hydrogen) atoms. The van der Waals surface area contributed by atoms with Crippen LogP contribution in [0.15, 0.2) is 66.7 Å². The second-order valence-electron chi connectivity index (χ2n) is 7.86. The Morgan fingerprint density at radius 1 is 0.938 bits per heavy atom. The third-order valence-electron chi connectivity index (χ3n) is 5.36. The van der Waals surface area contributed by atoms with Crippen LogP contribution >= 0.6 is 0 Å². The van der Waals surface area contributed by atoms with Gasteiger partial charge in [0, 0.05) is 0 Å². The molecule has 0 aliphatic heterocycles. The summed E-state index contributed by atoms with van der Waals surface area (Å²) in [6, 6.07) is 21.8. The minimum Gasteiger partial charge on any atom is -0.455 e. The maximum absolute atomic E-state index is 12.4.